The van der Waals surface area contributed by atoms with Crippen LogP contribution in [0.4, 0.5) is 4.79 Å². The number of hydrogen-bond acceptors (Lipinski definition) is 4. The first-order chi connectivity index (χ1) is 7.72. The first-order valence-electron chi connectivity index (χ1n) is 4.85. The normalized spacial score (nSPS) is 20.6. The number of carbonyl (C=O) groups excluding carboxylic acids is 2. The van der Waals surface area contributed by atoms with E-state index in [0.29, 0.717) is 6.42 Å². The Bertz CT molecular complexity index is 407. The fourth-order valence-electron chi connectivity index (χ4n) is 1.56. The van der Waals surface area contributed by atoms with Gasteiger partial charge in [-0.05, 0) is 23.7 Å². The Balaban J connectivity index is 2.08. The van der Waals surface area contributed by atoms with E-state index >= 15 is 0 Å². The van der Waals surface area contributed by atoms with Gasteiger partial charge in [0.15, 0.2) is 0 Å². The van der Waals surface area contributed by atoms with Crippen molar-refractivity contribution in [3.63, 3.8) is 0 Å². The Morgan fingerprint density at radius 1 is 1.31 bits per heavy atom. The third kappa shape index (κ3) is 2.10. The fourth-order valence-corrected chi connectivity index (χ4v) is 2.54. The zero-order valence-corrected chi connectivity index (χ0v) is 9.57. The second-order valence-electron chi connectivity index (χ2n) is 3.38. The number of imide groups is 1. The van der Waals surface area contributed by atoms with Gasteiger partial charge < -0.3 is 0 Å². The van der Waals surface area contributed by atoms with Gasteiger partial charge in [-0.3, -0.25) is 14.4 Å². The SMILES string of the molecule is CON1C(=O)SC(Cc2ccccc2)C1=O. The molecule has 2 rings (SSSR count). The summed E-state index contributed by atoms with van der Waals surface area (Å²) >= 11 is 1.01. The summed E-state index contributed by atoms with van der Waals surface area (Å²) in [4.78, 5) is 27.8. The number of thioether (sulfide) groups is 1. The predicted molar refractivity (Wildman–Crippen MR) is 60.8 cm³/mol. The van der Waals surface area contributed by atoms with Gasteiger partial charge in [0.1, 0.15) is 0 Å². The highest BCUT2D eigenvalue weighted by molar-refractivity contribution is 8.15. The molecule has 0 bridgehead atoms. The molecule has 1 unspecified atom stereocenters. The Morgan fingerprint density at radius 3 is 2.56 bits per heavy atom. The van der Waals surface area contributed by atoms with E-state index in [1.165, 1.54) is 7.11 Å². The van der Waals surface area contributed by atoms with Crippen LogP contribution in [0.5, 0.6) is 0 Å². The van der Waals surface area contributed by atoms with E-state index in [9.17, 15) is 9.59 Å². The summed E-state index contributed by atoms with van der Waals surface area (Å²) in [7, 11) is 1.32. The van der Waals surface area contributed by atoms with Crippen LogP contribution >= 0.6 is 11.8 Å². The topological polar surface area (TPSA) is 46.6 Å². The molecule has 1 aromatic rings. The van der Waals surface area contributed by atoms with Crippen LogP contribution in [0.25, 0.3) is 0 Å². The number of amides is 2. The molecule has 0 saturated carbocycles. The molecule has 1 saturated heterocycles. The summed E-state index contributed by atoms with van der Waals surface area (Å²) in [6.07, 6.45) is 0.552. The van der Waals surface area contributed by atoms with E-state index in [1.54, 1.807) is 0 Å². The minimum Gasteiger partial charge on any atom is -0.271 e. The highest BCUT2D eigenvalue weighted by atomic mass is 32.2. The second kappa shape index (κ2) is 4.67. The van der Waals surface area contributed by atoms with Gasteiger partial charge in [0.2, 0.25) is 0 Å². The number of hydrogen-bond donors (Lipinski definition) is 0. The number of nitrogens with zero attached hydrogens (tertiary/aromatic N) is 1. The monoisotopic (exact) mass is 237 g/mol. The molecule has 2 amide bonds. The van der Waals surface area contributed by atoms with Gasteiger partial charge in [-0.2, -0.15) is 0 Å². The molecule has 84 valence electrons. The maximum Gasteiger partial charge on any atom is 0.313 e. The van der Waals surface area contributed by atoms with E-state index < -0.39 is 0 Å². The molecule has 0 aliphatic carbocycles. The molecule has 16 heavy (non-hydrogen) atoms. The first-order valence-corrected chi connectivity index (χ1v) is 5.73. The molecule has 5 heteroatoms. The van der Waals surface area contributed by atoms with Crippen molar-refractivity contribution in [2.24, 2.45) is 0 Å². The molecule has 1 aliphatic heterocycles. The number of benzene rings is 1. The smallest absolute Gasteiger partial charge is 0.271 e. The van der Waals surface area contributed by atoms with Crippen molar-refractivity contribution < 1.29 is 14.4 Å². The van der Waals surface area contributed by atoms with Gasteiger partial charge >= 0.3 is 5.24 Å². The van der Waals surface area contributed by atoms with Crippen molar-refractivity contribution in [2.45, 2.75) is 11.7 Å². The predicted octanol–water partition coefficient (Wildman–Crippen LogP) is 1.85. The summed E-state index contributed by atoms with van der Waals surface area (Å²) in [5.41, 5.74) is 1.04. The van der Waals surface area contributed by atoms with Gasteiger partial charge in [-0.1, -0.05) is 30.3 Å². The van der Waals surface area contributed by atoms with Gasteiger partial charge in [0, 0.05) is 0 Å². The molecular formula is C11H11NO3S. The van der Waals surface area contributed by atoms with Crippen molar-refractivity contribution in [3.05, 3.63) is 35.9 Å². The Labute approximate surface area is 97.5 Å². The van der Waals surface area contributed by atoms with Crippen molar-refractivity contribution in [1.29, 1.82) is 0 Å². The average molecular weight is 237 g/mol. The lowest BCUT2D eigenvalue weighted by atomic mass is 10.1. The van der Waals surface area contributed by atoms with Gasteiger partial charge in [-0.25, -0.2) is 0 Å². The lowest BCUT2D eigenvalue weighted by Crippen LogP contribution is -2.31. The molecule has 0 N–H and O–H groups in total. The Hall–Kier alpha value is -1.33. The first kappa shape index (κ1) is 11.2. The van der Waals surface area contributed by atoms with Crippen LogP contribution in [0.2, 0.25) is 0 Å². The minimum absolute atomic E-state index is 0.277. The van der Waals surface area contributed by atoms with E-state index in [-0.39, 0.29) is 16.4 Å². The molecule has 0 spiro atoms. The molecule has 1 aromatic carbocycles. The molecule has 1 fully saturated rings. The molecule has 1 aliphatic rings. The highest BCUT2D eigenvalue weighted by Gasteiger charge is 2.40. The molecule has 0 aromatic heterocycles. The standard InChI is InChI=1S/C11H11NO3S/c1-15-12-10(13)9(16-11(12)14)7-8-5-3-2-4-6-8/h2-6,9H,7H2,1H3. The maximum atomic E-state index is 11.7. The highest BCUT2D eigenvalue weighted by Crippen LogP contribution is 2.29. The van der Waals surface area contributed by atoms with Gasteiger partial charge in [-0.15, -0.1) is 5.06 Å². The summed E-state index contributed by atoms with van der Waals surface area (Å²) in [6, 6.07) is 9.62. The van der Waals surface area contributed by atoms with E-state index in [2.05, 4.69) is 0 Å². The third-order valence-corrected chi connectivity index (χ3v) is 3.35. The lowest BCUT2D eigenvalue weighted by Gasteiger charge is -2.09. The van der Waals surface area contributed by atoms with Crippen molar-refractivity contribution in [3.8, 4) is 0 Å². The van der Waals surface area contributed by atoms with Crippen LogP contribution in [0.15, 0.2) is 30.3 Å². The van der Waals surface area contributed by atoms with Crippen LogP contribution in [0, 0.1) is 0 Å². The molecular weight excluding hydrogens is 226 g/mol. The molecule has 1 atom stereocenters. The minimum atomic E-state index is -0.366. The van der Waals surface area contributed by atoms with Gasteiger partial charge in [0.05, 0.1) is 12.4 Å². The van der Waals surface area contributed by atoms with Crippen LogP contribution in [0.3, 0.4) is 0 Å². The Kier molecular flexibility index (Phi) is 3.26. The van der Waals surface area contributed by atoms with E-state index in [0.717, 1.165) is 22.4 Å². The zero-order chi connectivity index (χ0) is 11.5. The van der Waals surface area contributed by atoms with E-state index in [4.69, 9.17) is 4.84 Å². The van der Waals surface area contributed by atoms with Crippen LogP contribution < -0.4 is 0 Å². The van der Waals surface area contributed by atoms with Crippen molar-refractivity contribution in [2.75, 3.05) is 7.11 Å². The summed E-state index contributed by atoms with van der Waals surface area (Å²) < 4.78 is 0. The second-order valence-corrected chi connectivity index (χ2v) is 4.53. The molecule has 0 radical (unpaired) electrons. The number of hydroxylamine groups is 2. The summed E-state index contributed by atoms with van der Waals surface area (Å²) in [5.74, 6) is -0.277. The Morgan fingerprint density at radius 2 is 2.00 bits per heavy atom. The largest absolute Gasteiger partial charge is 0.313 e. The number of rotatable bonds is 3. The molecule has 4 nitrogen and oxygen atoms in total. The molecule has 1 heterocycles. The summed E-state index contributed by atoms with van der Waals surface area (Å²) in [6.45, 7) is 0. The quantitative estimate of drug-likeness (QED) is 0.805. The van der Waals surface area contributed by atoms with Crippen molar-refractivity contribution in [1.82, 2.24) is 5.06 Å². The zero-order valence-electron chi connectivity index (χ0n) is 8.75. The average Bonchev–Trinajstić information content (AvgIpc) is 2.55. The van der Waals surface area contributed by atoms with Crippen LogP contribution in [-0.4, -0.2) is 28.6 Å². The van der Waals surface area contributed by atoms with E-state index in [1.807, 2.05) is 30.3 Å². The maximum absolute atomic E-state index is 11.7. The fraction of sp³-hybridized carbons (Fsp3) is 0.273. The van der Waals surface area contributed by atoms with Gasteiger partial charge in [0.25, 0.3) is 5.91 Å². The summed E-state index contributed by atoms with van der Waals surface area (Å²) in [5, 5.41) is 0.112. The van der Waals surface area contributed by atoms with Crippen LogP contribution in [-0.2, 0) is 16.1 Å². The lowest BCUT2D eigenvalue weighted by molar-refractivity contribution is -0.156. The third-order valence-electron chi connectivity index (χ3n) is 2.33. The van der Waals surface area contributed by atoms with Crippen molar-refractivity contribution >= 4 is 22.9 Å². The number of carbonyl (C=O) groups is 2. The van der Waals surface area contributed by atoms with Crippen LogP contribution in [0.1, 0.15) is 5.56 Å².